The van der Waals surface area contributed by atoms with E-state index in [0.29, 0.717) is 0 Å². The van der Waals surface area contributed by atoms with Crippen molar-refractivity contribution in [3.05, 3.63) is 54.0 Å². The van der Waals surface area contributed by atoms with E-state index in [9.17, 15) is 0 Å². The smallest absolute Gasteiger partial charge is 0.0534 e. The van der Waals surface area contributed by atoms with Crippen molar-refractivity contribution in [2.75, 3.05) is 6.54 Å². The zero-order valence-electron chi connectivity index (χ0n) is 11.1. The zero-order valence-corrected chi connectivity index (χ0v) is 11.1. The first-order valence-corrected chi connectivity index (χ1v) is 6.58. The molecule has 0 aliphatic carbocycles. The van der Waals surface area contributed by atoms with Gasteiger partial charge in [0.2, 0.25) is 0 Å². The van der Waals surface area contributed by atoms with Gasteiger partial charge in [0, 0.05) is 36.4 Å². The number of benzene rings is 1. The van der Waals surface area contributed by atoms with E-state index in [4.69, 9.17) is 0 Å². The van der Waals surface area contributed by atoms with Gasteiger partial charge in [-0.25, -0.2) is 0 Å². The number of aromatic nitrogens is 3. The van der Waals surface area contributed by atoms with Gasteiger partial charge in [-0.15, -0.1) is 0 Å². The van der Waals surface area contributed by atoms with E-state index in [1.54, 1.807) is 0 Å². The summed E-state index contributed by atoms with van der Waals surface area (Å²) in [6.07, 6.45) is 5.94. The Kier molecular flexibility index (Phi) is 3.33. The Morgan fingerprint density at radius 3 is 3.11 bits per heavy atom. The summed E-state index contributed by atoms with van der Waals surface area (Å²) in [6.45, 7) is 4.76. The Hall–Kier alpha value is -2.07. The van der Waals surface area contributed by atoms with Gasteiger partial charge in [-0.2, -0.15) is 5.10 Å². The number of hydrogen-bond donors (Lipinski definition) is 2. The molecular formula is C15H18N4. The molecule has 19 heavy (non-hydrogen) atoms. The first kappa shape index (κ1) is 12.0. The first-order valence-electron chi connectivity index (χ1n) is 6.58. The lowest BCUT2D eigenvalue weighted by Crippen LogP contribution is -2.19. The molecule has 0 bridgehead atoms. The maximum absolute atomic E-state index is 4.27. The van der Waals surface area contributed by atoms with E-state index in [-0.39, 0.29) is 0 Å². The molecule has 3 aromatic rings. The topological polar surface area (TPSA) is 45.6 Å². The summed E-state index contributed by atoms with van der Waals surface area (Å²) in [5.74, 6) is 0. The van der Waals surface area contributed by atoms with E-state index < -0.39 is 0 Å². The summed E-state index contributed by atoms with van der Waals surface area (Å²) in [6, 6.07) is 8.49. The van der Waals surface area contributed by atoms with Crippen molar-refractivity contribution in [2.24, 2.45) is 0 Å². The number of aryl methyl sites for hydroxylation is 1. The second kappa shape index (κ2) is 5.28. The Morgan fingerprint density at radius 1 is 1.32 bits per heavy atom. The fourth-order valence-electron chi connectivity index (χ4n) is 2.31. The Bertz CT molecular complexity index is 665. The van der Waals surface area contributed by atoms with Crippen LogP contribution in [0.25, 0.3) is 10.9 Å². The minimum absolute atomic E-state index is 0.884. The first-order chi connectivity index (χ1) is 9.33. The van der Waals surface area contributed by atoms with Crippen LogP contribution in [-0.4, -0.2) is 21.3 Å². The number of rotatable bonds is 5. The molecule has 3 rings (SSSR count). The quantitative estimate of drug-likeness (QED) is 0.687. The molecule has 0 atom stereocenters. The fraction of sp³-hybridized carbons (Fsp3) is 0.267. The van der Waals surface area contributed by atoms with Crippen LogP contribution in [0.4, 0.5) is 0 Å². The molecule has 0 fully saturated rings. The molecule has 1 aromatic carbocycles. The highest BCUT2D eigenvalue weighted by atomic mass is 15.3. The largest absolute Gasteiger partial charge is 0.361 e. The van der Waals surface area contributed by atoms with Crippen molar-refractivity contribution < 1.29 is 0 Å². The number of aromatic amines is 1. The van der Waals surface area contributed by atoms with Gasteiger partial charge in [0.15, 0.2) is 0 Å². The molecule has 0 radical (unpaired) electrons. The lowest BCUT2D eigenvalue weighted by atomic mass is 10.1. The van der Waals surface area contributed by atoms with Crippen LogP contribution in [0.3, 0.4) is 0 Å². The predicted molar refractivity (Wildman–Crippen MR) is 77.0 cm³/mol. The number of nitrogens with one attached hydrogen (secondary N) is 2. The minimum atomic E-state index is 0.884. The molecular weight excluding hydrogens is 236 g/mol. The van der Waals surface area contributed by atoms with Crippen LogP contribution >= 0.6 is 0 Å². The summed E-state index contributed by atoms with van der Waals surface area (Å²) in [5, 5.41) is 9.04. The minimum Gasteiger partial charge on any atom is -0.361 e. The third-order valence-electron chi connectivity index (χ3n) is 3.28. The van der Waals surface area contributed by atoms with Gasteiger partial charge in [-0.05, 0) is 30.2 Å². The third kappa shape index (κ3) is 2.69. The maximum Gasteiger partial charge on any atom is 0.0534 e. The van der Waals surface area contributed by atoms with Crippen LogP contribution in [0.15, 0.2) is 42.9 Å². The number of nitrogens with zero attached hydrogens (tertiary/aromatic N) is 2. The van der Waals surface area contributed by atoms with Crippen LogP contribution in [0.5, 0.6) is 0 Å². The van der Waals surface area contributed by atoms with E-state index in [0.717, 1.165) is 19.6 Å². The van der Waals surface area contributed by atoms with Gasteiger partial charge in [0.1, 0.15) is 0 Å². The summed E-state index contributed by atoms with van der Waals surface area (Å²) in [7, 11) is 0. The summed E-state index contributed by atoms with van der Waals surface area (Å²) < 4.78 is 1.97. The number of hydrogen-bond acceptors (Lipinski definition) is 2. The van der Waals surface area contributed by atoms with Gasteiger partial charge in [-0.3, -0.25) is 4.68 Å². The van der Waals surface area contributed by atoms with Gasteiger partial charge in [0.25, 0.3) is 0 Å². The van der Waals surface area contributed by atoms with Crippen LogP contribution in [-0.2, 0) is 13.1 Å². The van der Waals surface area contributed by atoms with Crippen molar-refractivity contribution in [1.82, 2.24) is 20.1 Å². The second-order valence-electron chi connectivity index (χ2n) is 4.81. The average molecular weight is 254 g/mol. The molecule has 0 aliphatic heterocycles. The highest BCUT2D eigenvalue weighted by Crippen LogP contribution is 2.16. The van der Waals surface area contributed by atoms with Crippen LogP contribution in [0.2, 0.25) is 0 Å². The Balaban J connectivity index is 1.56. The number of H-pyrrole nitrogens is 1. The molecule has 0 amide bonds. The monoisotopic (exact) mass is 254 g/mol. The summed E-state index contributed by atoms with van der Waals surface area (Å²) in [5.41, 5.74) is 3.73. The van der Waals surface area contributed by atoms with E-state index in [2.05, 4.69) is 52.8 Å². The third-order valence-corrected chi connectivity index (χ3v) is 3.28. The normalized spacial score (nSPS) is 11.2. The molecule has 2 aromatic heterocycles. The van der Waals surface area contributed by atoms with E-state index in [1.165, 1.54) is 22.0 Å². The van der Waals surface area contributed by atoms with Crippen LogP contribution < -0.4 is 5.32 Å². The second-order valence-corrected chi connectivity index (χ2v) is 4.81. The van der Waals surface area contributed by atoms with Gasteiger partial charge in [0.05, 0.1) is 12.7 Å². The molecule has 4 heteroatoms. The maximum atomic E-state index is 4.27. The van der Waals surface area contributed by atoms with Crippen molar-refractivity contribution in [1.29, 1.82) is 0 Å². The summed E-state index contributed by atoms with van der Waals surface area (Å²) in [4.78, 5) is 3.24. The lowest BCUT2D eigenvalue weighted by Gasteiger charge is -2.06. The van der Waals surface area contributed by atoms with Gasteiger partial charge in [-0.1, -0.05) is 12.1 Å². The molecule has 0 unspecified atom stereocenters. The van der Waals surface area contributed by atoms with Crippen molar-refractivity contribution >= 4 is 10.9 Å². The van der Waals surface area contributed by atoms with Crippen LogP contribution in [0.1, 0.15) is 11.1 Å². The van der Waals surface area contributed by atoms with Crippen molar-refractivity contribution in [2.45, 2.75) is 20.0 Å². The molecule has 0 spiro atoms. The molecule has 0 saturated carbocycles. The number of fused-ring (bicyclic) bond motifs is 1. The Morgan fingerprint density at radius 2 is 2.26 bits per heavy atom. The van der Waals surface area contributed by atoms with Crippen LogP contribution in [0, 0.1) is 6.92 Å². The highest BCUT2D eigenvalue weighted by Gasteiger charge is 2.01. The van der Waals surface area contributed by atoms with E-state index in [1.807, 2.05) is 17.1 Å². The van der Waals surface area contributed by atoms with E-state index >= 15 is 0 Å². The predicted octanol–water partition coefficient (Wildman–Crippen LogP) is 2.46. The van der Waals surface area contributed by atoms with Gasteiger partial charge >= 0.3 is 0 Å². The molecule has 0 aliphatic rings. The van der Waals surface area contributed by atoms with Gasteiger partial charge < -0.3 is 10.3 Å². The molecule has 4 nitrogen and oxygen atoms in total. The standard InChI is InChI=1S/C15H18N4/c1-12-9-18-19(11-12)8-7-16-10-13-3-2-4-15-14(13)5-6-17-15/h2-6,9,11,16-17H,7-8,10H2,1H3. The molecule has 98 valence electrons. The van der Waals surface area contributed by atoms with Crippen molar-refractivity contribution in [3.63, 3.8) is 0 Å². The van der Waals surface area contributed by atoms with Crippen molar-refractivity contribution in [3.8, 4) is 0 Å². The SMILES string of the molecule is Cc1cnn(CCNCc2cccc3[nH]ccc23)c1. The Labute approximate surface area is 112 Å². The highest BCUT2D eigenvalue weighted by molar-refractivity contribution is 5.82. The lowest BCUT2D eigenvalue weighted by molar-refractivity contribution is 0.555. The fourth-order valence-corrected chi connectivity index (χ4v) is 2.31. The summed E-state index contributed by atoms with van der Waals surface area (Å²) >= 11 is 0. The zero-order chi connectivity index (χ0) is 13.1. The average Bonchev–Trinajstić information content (AvgIpc) is 3.03. The molecule has 2 heterocycles. The molecule has 0 saturated heterocycles. The molecule has 2 N–H and O–H groups in total.